The molecule has 7 nitrogen and oxygen atoms in total. The fourth-order valence-corrected chi connectivity index (χ4v) is 4.16. The SMILES string of the molecule is Cc1ccc(C)c(-c2nn([C@H](C)C(=O)NCc3ccc4c(c3)OCO4)c(=O)c3ccccc23)c1. The Morgan fingerprint density at radius 2 is 1.79 bits per heavy atom. The van der Waals surface area contributed by atoms with Crippen LogP contribution in [0, 0.1) is 13.8 Å². The number of carbonyl (C=O) groups is 1. The molecule has 172 valence electrons. The standard InChI is InChI=1S/C27H25N3O4/c1-16-8-9-17(2)22(12-16)25-20-6-4-5-7-21(20)27(32)30(29-25)18(3)26(31)28-14-19-10-11-23-24(13-19)34-15-33-23/h4-13,18H,14-15H2,1-3H3,(H,28,31)/t18-/m1/s1. The summed E-state index contributed by atoms with van der Waals surface area (Å²) in [6, 6.07) is 18.3. The first kappa shape index (κ1) is 21.7. The van der Waals surface area contributed by atoms with Crippen molar-refractivity contribution in [2.75, 3.05) is 6.79 Å². The van der Waals surface area contributed by atoms with Crippen LogP contribution in [0.2, 0.25) is 0 Å². The molecule has 0 spiro atoms. The van der Waals surface area contributed by atoms with Gasteiger partial charge in [-0.05, 0) is 56.2 Å². The van der Waals surface area contributed by atoms with Crippen molar-refractivity contribution in [2.45, 2.75) is 33.4 Å². The van der Waals surface area contributed by atoms with Crippen molar-refractivity contribution in [1.82, 2.24) is 15.1 Å². The number of rotatable bonds is 5. The largest absolute Gasteiger partial charge is 0.454 e. The first-order chi connectivity index (χ1) is 16.4. The quantitative estimate of drug-likeness (QED) is 0.486. The zero-order valence-electron chi connectivity index (χ0n) is 19.3. The molecule has 0 saturated carbocycles. The summed E-state index contributed by atoms with van der Waals surface area (Å²) in [5.41, 5.74) is 4.35. The molecule has 7 heteroatoms. The average Bonchev–Trinajstić information content (AvgIpc) is 3.32. The summed E-state index contributed by atoms with van der Waals surface area (Å²) in [5, 5.41) is 8.91. The van der Waals surface area contributed by atoms with E-state index in [0.717, 1.165) is 27.6 Å². The van der Waals surface area contributed by atoms with E-state index < -0.39 is 6.04 Å². The second kappa shape index (κ2) is 8.67. The highest BCUT2D eigenvalue weighted by Gasteiger charge is 2.22. The van der Waals surface area contributed by atoms with Gasteiger partial charge >= 0.3 is 0 Å². The van der Waals surface area contributed by atoms with E-state index in [1.807, 2.05) is 62.4 Å². The summed E-state index contributed by atoms with van der Waals surface area (Å²) in [7, 11) is 0. The van der Waals surface area contributed by atoms with Gasteiger partial charge in [0.15, 0.2) is 11.5 Å². The Kier molecular flexibility index (Phi) is 5.53. The van der Waals surface area contributed by atoms with Crippen LogP contribution in [-0.4, -0.2) is 22.5 Å². The van der Waals surface area contributed by atoms with E-state index in [2.05, 4.69) is 11.4 Å². The Bertz CT molecular complexity index is 1470. The van der Waals surface area contributed by atoms with Crippen LogP contribution in [0.4, 0.5) is 0 Å². The zero-order valence-corrected chi connectivity index (χ0v) is 19.3. The third-order valence-corrected chi connectivity index (χ3v) is 6.13. The van der Waals surface area contributed by atoms with Crippen molar-refractivity contribution in [1.29, 1.82) is 0 Å². The van der Waals surface area contributed by atoms with Crippen LogP contribution in [0.3, 0.4) is 0 Å². The average molecular weight is 456 g/mol. The Balaban J connectivity index is 1.49. The smallest absolute Gasteiger partial charge is 0.275 e. The molecule has 1 N–H and O–H groups in total. The van der Waals surface area contributed by atoms with Crippen LogP contribution in [0.5, 0.6) is 11.5 Å². The maximum atomic E-state index is 13.3. The Hall–Kier alpha value is -4.13. The molecule has 34 heavy (non-hydrogen) atoms. The van der Waals surface area contributed by atoms with Gasteiger partial charge in [0.25, 0.3) is 5.56 Å². The van der Waals surface area contributed by atoms with E-state index in [0.29, 0.717) is 29.1 Å². The Labute approximate surface area is 196 Å². The summed E-state index contributed by atoms with van der Waals surface area (Å²) in [4.78, 5) is 26.3. The molecular formula is C27H25N3O4. The van der Waals surface area contributed by atoms with Crippen molar-refractivity contribution in [3.05, 3.63) is 87.7 Å². The number of nitrogens with zero attached hydrogens (tertiary/aromatic N) is 2. The fraction of sp³-hybridized carbons (Fsp3) is 0.222. The number of ether oxygens (including phenoxy) is 2. The van der Waals surface area contributed by atoms with Gasteiger partial charge in [-0.3, -0.25) is 9.59 Å². The summed E-state index contributed by atoms with van der Waals surface area (Å²) >= 11 is 0. The lowest BCUT2D eigenvalue weighted by molar-refractivity contribution is -0.124. The molecule has 2 heterocycles. The molecule has 0 aliphatic carbocycles. The van der Waals surface area contributed by atoms with Crippen LogP contribution >= 0.6 is 0 Å². The van der Waals surface area contributed by atoms with Gasteiger partial charge in [-0.25, -0.2) is 4.68 Å². The maximum absolute atomic E-state index is 13.3. The van der Waals surface area contributed by atoms with Gasteiger partial charge in [0.1, 0.15) is 6.04 Å². The minimum atomic E-state index is -0.796. The van der Waals surface area contributed by atoms with Crippen molar-refractivity contribution in [3.8, 4) is 22.8 Å². The molecule has 1 aromatic heterocycles. The molecule has 0 fully saturated rings. The number of nitrogens with one attached hydrogen (secondary N) is 1. The van der Waals surface area contributed by atoms with E-state index >= 15 is 0 Å². The summed E-state index contributed by atoms with van der Waals surface area (Å²) < 4.78 is 12.0. The Morgan fingerprint density at radius 3 is 2.62 bits per heavy atom. The molecule has 3 aromatic carbocycles. The lowest BCUT2D eigenvalue weighted by atomic mass is 9.99. The van der Waals surface area contributed by atoms with Crippen LogP contribution in [0.25, 0.3) is 22.0 Å². The van der Waals surface area contributed by atoms with Crippen LogP contribution in [0.1, 0.15) is 29.7 Å². The van der Waals surface area contributed by atoms with Gasteiger partial charge in [0.2, 0.25) is 12.7 Å². The second-order valence-corrected chi connectivity index (χ2v) is 8.54. The number of aromatic nitrogens is 2. The number of fused-ring (bicyclic) bond motifs is 2. The molecule has 1 aliphatic heterocycles. The topological polar surface area (TPSA) is 82.5 Å². The highest BCUT2D eigenvalue weighted by molar-refractivity contribution is 5.94. The molecule has 0 radical (unpaired) electrons. The number of carbonyl (C=O) groups excluding carboxylic acids is 1. The third kappa shape index (κ3) is 3.90. The number of amides is 1. The molecular weight excluding hydrogens is 430 g/mol. The van der Waals surface area contributed by atoms with E-state index in [9.17, 15) is 9.59 Å². The molecule has 0 bridgehead atoms. The number of hydrogen-bond acceptors (Lipinski definition) is 5. The van der Waals surface area contributed by atoms with Gasteiger partial charge in [0.05, 0.1) is 11.1 Å². The van der Waals surface area contributed by atoms with E-state index in [1.54, 1.807) is 13.0 Å². The number of aryl methyl sites for hydroxylation is 2. The van der Waals surface area contributed by atoms with E-state index in [-0.39, 0.29) is 18.3 Å². The summed E-state index contributed by atoms with van der Waals surface area (Å²) in [5.74, 6) is 1.05. The van der Waals surface area contributed by atoms with E-state index in [1.165, 1.54) is 4.68 Å². The van der Waals surface area contributed by atoms with Crippen molar-refractivity contribution in [2.24, 2.45) is 0 Å². The lowest BCUT2D eigenvalue weighted by Gasteiger charge is -2.18. The molecule has 1 aliphatic rings. The Morgan fingerprint density at radius 1 is 1.03 bits per heavy atom. The highest BCUT2D eigenvalue weighted by atomic mass is 16.7. The van der Waals surface area contributed by atoms with Crippen LogP contribution < -0.4 is 20.3 Å². The first-order valence-electron chi connectivity index (χ1n) is 11.2. The molecule has 1 amide bonds. The molecule has 0 saturated heterocycles. The predicted octanol–water partition coefficient (Wildman–Crippen LogP) is 4.29. The van der Waals surface area contributed by atoms with Crippen LogP contribution in [0.15, 0.2) is 65.5 Å². The number of hydrogen-bond donors (Lipinski definition) is 1. The van der Waals surface area contributed by atoms with Crippen molar-refractivity contribution >= 4 is 16.7 Å². The molecule has 1 atom stereocenters. The predicted molar refractivity (Wildman–Crippen MR) is 130 cm³/mol. The fourth-order valence-electron chi connectivity index (χ4n) is 4.16. The van der Waals surface area contributed by atoms with Gasteiger partial charge in [-0.1, -0.05) is 42.0 Å². The minimum Gasteiger partial charge on any atom is -0.454 e. The van der Waals surface area contributed by atoms with Gasteiger partial charge in [-0.2, -0.15) is 5.10 Å². The number of benzene rings is 3. The molecule has 0 unspecified atom stereocenters. The monoisotopic (exact) mass is 455 g/mol. The summed E-state index contributed by atoms with van der Waals surface area (Å²) in [6.07, 6.45) is 0. The molecule has 5 rings (SSSR count). The second-order valence-electron chi connectivity index (χ2n) is 8.54. The zero-order chi connectivity index (χ0) is 23.8. The third-order valence-electron chi connectivity index (χ3n) is 6.13. The van der Waals surface area contributed by atoms with E-state index in [4.69, 9.17) is 14.6 Å². The lowest BCUT2D eigenvalue weighted by Crippen LogP contribution is -2.37. The highest BCUT2D eigenvalue weighted by Crippen LogP contribution is 2.32. The first-order valence-corrected chi connectivity index (χ1v) is 11.2. The van der Waals surface area contributed by atoms with Crippen molar-refractivity contribution < 1.29 is 14.3 Å². The van der Waals surface area contributed by atoms with Gasteiger partial charge in [0, 0.05) is 17.5 Å². The van der Waals surface area contributed by atoms with Crippen LogP contribution in [-0.2, 0) is 11.3 Å². The van der Waals surface area contributed by atoms with Gasteiger partial charge in [-0.15, -0.1) is 0 Å². The maximum Gasteiger partial charge on any atom is 0.275 e. The normalized spacial score (nSPS) is 13.1. The molecule has 4 aromatic rings. The van der Waals surface area contributed by atoms with Gasteiger partial charge < -0.3 is 14.8 Å². The minimum absolute atomic E-state index is 0.196. The van der Waals surface area contributed by atoms with Crippen molar-refractivity contribution in [3.63, 3.8) is 0 Å². The summed E-state index contributed by atoms with van der Waals surface area (Å²) in [6.45, 7) is 6.22.